The minimum absolute atomic E-state index is 0.0295. The molecular formula is C21H22F2N8O. The summed E-state index contributed by atoms with van der Waals surface area (Å²) < 4.78 is 32.5. The summed E-state index contributed by atoms with van der Waals surface area (Å²) in [5.74, 6) is -1.54. The maximum atomic E-state index is 15.0. The molecule has 1 aromatic carbocycles. The minimum atomic E-state index is -1.06. The monoisotopic (exact) mass is 440 g/mol. The predicted octanol–water partition coefficient (Wildman–Crippen LogP) is 1.95. The number of hydrogen-bond donors (Lipinski definition) is 2. The van der Waals surface area contributed by atoms with Gasteiger partial charge in [0.2, 0.25) is 5.95 Å². The second kappa shape index (κ2) is 6.58. The summed E-state index contributed by atoms with van der Waals surface area (Å²) in [6.45, 7) is 0. The molecule has 0 spiro atoms. The van der Waals surface area contributed by atoms with Gasteiger partial charge in [-0.3, -0.25) is 9.36 Å². The van der Waals surface area contributed by atoms with E-state index in [0.29, 0.717) is 11.6 Å². The number of anilines is 1. The van der Waals surface area contributed by atoms with Crippen LogP contribution in [0, 0.1) is 11.6 Å². The summed E-state index contributed by atoms with van der Waals surface area (Å²) in [7, 11) is 3.16. The zero-order valence-corrected chi connectivity index (χ0v) is 17.6. The lowest BCUT2D eigenvalue weighted by molar-refractivity contribution is 0.405. The van der Waals surface area contributed by atoms with Gasteiger partial charge in [0.15, 0.2) is 11.6 Å². The molecule has 5 heterocycles. The van der Waals surface area contributed by atoms with Crippen molar-refractivity contribution in [1.82, 2.24) is 29.5 Å². The highest BCUT2D eigenvalue weighted by molar-refractivity contribution is 5.96. The number of aromatic nitrogens is 6. The van der Waals surface area contributed by atoms with Gasteiger partial charge in [0, 0.05) is 49.5 Å². The van der Waals surface area contributed by atoms with Gasteiger partial charge in [-0.2, -0.15) is 4.98 Å². The molecule has 0 saturated carbocycles. The molecule has 0 aliphatic carbocycles. The molecule has 6 rings (SSSR count). The fourth-order valence-corrected chi connectivity index (χ4v) is 5.48. The first-order chi connectivity index (χ1) is 15.3. The van der Waals surface area contributed by atoms with E-state index in [1.54, 1.807) is 7.05 Å². The lowest BCUT2D eigenvalue weighted by Crippen LogP contribution is -2.49. The molecule has 9 nitrogen and oxygen atoms in total. The number of nitrogens with zero attached hydrogens (tertiary/aromatic N) is 6. The molecule has 2 bridgehead atoms. The summed E-state index contributed by atoms with van der Waals surface area (Å²) in [4.78, 5) is 23.3. The van der Waals surface area contributed by atoms with E-state index in [9.17, 15) is 9.18 Å². The van der Waals surface area contributed by atoms with E-state index in [1.165, 1.54) is 28.6 Å². The zero-order chi connectivity index (χ0) is 22.3. The van der Waals surface area contributed by atoms with E-state index in [4.69, 9.17) is 10.7 Å². The molecule has 0 amide bonds. The Balaban J connectivity index is 1.54. The average Bonchev–Trinajstić information content (AvgIpc) is 3.42. The molecule has 2 aliphatic rings. The van der Waals surface area contributed by atoms with E-state index >= 15 is 4.39 Å². The highest BCUT2D eigenvalue weighted by Crippen LogP contribution is 2.39. The normalized spacial score (nSPS) is 23.0. The molecule has 4 aromatic rings. The number of halogens is 2. The molecule has 1 unspecified atom stereocenters. The molecule has 2 fully saturated rings. The van der Waals surface area contributed by atoms with E-state index in [-0.39, 0.29) is 51.2 Å². The molecule has 11 heteroatoms. The van der Waals surface area contributed by atoms with E-state index < -0.39 is 11.6 Å². The molecule has 2 aliphatic heterocycles. The first-order valence-corrected chi connectivity index (χ1v) is 10.6. The number of fused-ring (bicyclic) bond motifs is 4. The number of rotatable bonds is 2. The molecule has 32 heavy (non-hydrogen) atoms. The quantitative estimate of drug-likeness (QED) is 0.493. The van der Waals surface area contributed by atoms with Gasteiger partial charge < -0.3 is 15.6 Å². The van der Waals surface area contributed by atoms with Gasteiger partial charge in [0.1, 0.15) is 16.7 Å². The number of nitrogens with two attached hydrogens (primary N) is 1. The predicted molar refractivity (Wildman–Crippen MR) is 115 cm³/mol. The van der Waals surface area contributed by atoms with Crippen LogP contribution in [0.4, 0.5) is 14.7 Å². The van der Waals surface area contributed by atoms with Gasteiger partial charge in [-0.25, -0.2) is 13.5 Å². The van der Waals surface area contributed by atoms with Crippen LogP contribution in [0.5, 0.6) is 0 Å². The molecule has 3 N–H and O–H groups in total. The standard InChI is InChI=1S/C21H22F2N8O/c1-29-20(32)15-13(12-7-14-18(17(23)16(12)22)30(2)28-27-14)8-25-19(15)26-21(29)31-10-3-4-11(31)6-9(24)5-10/h7-11,25H,3-6,24H2,1-2H3/t9?,10-,11+. The Kier molecular flexibility index (Phi) is 3.98. The van der Waals surface area contributed by atoms with Crippen LogP contribution in [0.1, 0.15) is 25.7 Å². The zero-order valence-electron chi connectivity index (χ0n) is 17.6. The third kappa shape index (κ3) is 2.51. The molecule has 0 radical (unpaired) electrons. The van der Waals surface area contributed by atoms with Crippen molar-refractivity contribution in [2.75, 3.05) is 4.90 Å². The maximum Gasteiger partial charge on any atom is 0.264 e. The van der Waals surface area contributed by atoms with Gasteiger partial charge in [-0.15, -0.1) is 5.10 Å². The summed E-state index contributed by atoms with van der Waals surface area (Å²) in [6.07, 6.45) is 5.26. The van der Waals surface area contributed by atoms with Crippen LogP contribution < -0.4 is 16.2 Å². The Bertz CT molecular complexity index is 1440. The van der Waals surface area contributed by atoms with Gasteiger partial charge in [0.25, 0.3) is 5.56 Å². The molecule has 166 valence electrons. The van der Waals surface area contributed by atoms with E-state index in [0.717, 1.165) is 25.7 Å². The number of piperidine rings is 1. The van der Waals surface area contributed by atoms with Crippen molar-refractivity contribution in [3.8, 4) is 11.1 Å². The Hall–Kier alpha value is -3.34. The van der Waals surface area contributed by atoms with Crippen molar-refractivity contribution in [3.63, 3.8) is 0 Å². The van der Waals surface area contributed by atoms with Gasteiger partial charge in [0.05, 0.1) is 5.39 Å². The summed E-state index contributed by atoms with van der Waals surface area (Å²) in [5.41, 5.74) is 6.57. The van der Waals surface area contributed by atoms with Crippen molar-refractivity contribution in [2.45, 2.75) is 43.8 Å². The van der Waals surface area contributed by atoms with E-state index in [1.807, 2.05) is 0 Å². The van der Waals surface area contributed by atoms with Crippen molar-refractivity contribution in [2.24, 2.45) is 19.8 Å². The lowest BCUT2D eigenvalue weighted by atomic mass is 9.98. The van der Waals surface area contributed by atoms with Crippen LogP contribution in [0.3, 0.4) is 0 Å². The summed E-state index contributed by atoms with van der Waals surface area (Å²) in [5, 5.41) is 7.87. The van der Waals surface area contributed by atoms with Crippen molar-refractivity contribution in [3.05, 3.63) is 34.3 Å². The van der Waals surface area contributed by atoms with Crippen molar-refractivity contribution >= 4 is 28.0 Å². The second-order valence-electron chi connectivity index (χ2n) is 8.86. The van der Waals surface area contributed by atoms with Crippen molar-refractivity contribution in [1.29, 1.82) is 0 Å². The Morgan fingerprint density at radius 2 is 1.84 bits per heavy atom. The summed E-state index contributed by atoms with van der Waals surface area (Å²) >= 11 is 0. The fraction of sp³-hybridized carbons (Fsp3) is 0.429. The number of aromatic amines is 1. The van der Waals surface area contributed by atoms with Gasteiger partial charge >= 0.3 is 0 Å². The van der Waals surface area contributed by atoms with Crippen LogP contribution in [0.25, 0.3) is 33.2 Å². The number of H-pyrrole nitrogens is 1. The third-order valence-electron chi connectivity index (χ3n) is 6.95. The maximum absolute atomic E-state index is 15.0. The highest BCUT2D eigenvalue weighted by atomic mass is 19.2. The van der Waals surface area contributed by atoms with Crippen molar-refractivity contribution < 1.29 is 8.78 Å². The number of nitrogens with one attached hydrogen (secondary N) is 1. The van der Waals surface area contributed by atoms with Crippen LogP contribution in [-0.4, -0.2) is 47.7 Å². The van der Waals surface area contributed by atoms with E-state index in [2.05, 4.69) is 20.2 Å². The van der Waals surface area contributed by atoms with Crippen LogP contribution in [0.2, 0.25) is 0 Å². The molecule has 3 atom stereocenters. The molecular weight excluding hydrogens is 418 g/mol. The number of hydrogen-bond acceptors (Lipinski definition) is 6. The smallest absolute Gasteiger partial charge is 0.264 e. The lowest BCUT2D eigenvalue weighted by Gasteiger charge is -2.38. The first-order valence-electron chi connectivity index (χ1n) is 10.6. The Labute approximate surface area is 180 Å². The molecule has 2 saturated heterocycles. The Morgan fingerprint density at radius 1 is 1.12 bits per heavy atom. The fourth-order valence-electron chi connectivity index (χ4n) is 5.48. The number of aryl methyl sites for hydroxylation is 1. The van der Waals surface area contributed by atoms with Gasteiger partial charge in [-0.1, -0.05) is 5.21 Å². The third-order valence-corrected chi connectivity index (χ3v) is 6.95. The Morgan fingerprint density at radius 3 is 2.56 bits per heavy atom. The van der Waals surface area contributed by atoms with Crippen LogP contribution in [0.15, 0.2) is 17.1 Å². The summed E-state index contributed by atoms with van der Waals surface area (Å²) in [6, 6.07) is 2.07. The van der Waals surface area contributed by atoms with Crippen LogP contribution >= 0.6 is 0 Å². The largest absolute Gasteiger partial charge is 0.345 e. The second-order valence-corrected chi connectivity index (χ2v) is 8.86. The van der Waals surface area contributed by atoms with Gasteiger partial charge in [-0.05, 0) is 31.7 Å². The minimum Gasteiger partial charge on any atom is -0.345 e. The average molecular weight is 440 g/mol. The van der Waals surface area contributed by atoms with Crippen LogP contribution in [-0.2, 0) is 14.1 Å². The SMILES string of the molecule is Cn1c(N2[C@@H]3CC[C@H]2CC(N)C3)nc2[nH]cc(-c3cc4nnn(C)c4c(F)c3F)c2c1=O. The molecule has 3 aromatic heterocycles. The topological polar surface area (TPSA) is 111 Å². The first kappa shape index (κ1) is 19.4. The highest BCUT2D eigenvalue weighted by Gasteiger charge is 2.41. The number of benzene rings is 1.